The smallest absolute Gasteiger partial charge is 0.0654 e. The standard InChI is InChI=1S/C38H44Si/c1-5-7-9-31-11-15-33(16-12-31)19-21-35-23-27-37(28-24-35)39(3,4)38-29-25-36(26-30-38)22-20-34-17-13-32(14-18-34)10-8-6-2/h11-30H,5-10H2,1-4H3/b21-19+,22-20+. The predicted molar refractivity (Wildman–Crippen MR) is 178 cm³/mol. The van der Waals surface area contributed by atoms with Crippen molar-refractivity contribution in [2.24, 2.45) is 0 Å². The van der Waals surface area contributed by atoms with E-state index in [0.29, 0.717) is 0 Å². The first-order valence-corrected chi connectivity index (χ1v) is 17.7. The van der Waals surface area contributed by atoms with E-state index in [1.165, 1.54) is 82.3 Å². The van der Waals surface area contributed by atoms with Crippen molar-refractivity contribution in [3.05, 3.63) is 130 Å². The molecule has 4 rings (SSSR count). The number of rotatable bonds is 12. The molecule has 0 aliphatic rings. The highest BCUT2D eigenvalue weighted by atomic mass is 28.3. The summed E-state index contributed by atoms with van der Waals surface area (Å²) in [6.45, 7) is 9.39. The molecule has 0 heterocycles. The molecule has 0 radical (unpaired) electrons. The first-order chi connectivity index (χ1) is 19.0. The molecular weight excluding hydrogens is 485 g/mol. The summed E-state index contributed by atoms with van der Waals surface area (Å²) in [5.74, 6) is 0. The monoisotopic (exact) mass is 528 g/mol. The lowest BCUT2D eigenvalue weighted by atomic mass is 10.1. The Morgan fingerprint density at radius 3 is 1.00 bits per heavy atom. The minimum Gasteiger partial charge on any atom is -0.0654 e. The molecule has 0 aromatic heterocycles. The van der Waals surface area contributed by atoms with E-state index in [9.17, 15) is 0 Å². The molecule has 1 heteroatoms. The van der Waals surface area contributed by atoms with Crippen molar-refractivity contribution in [2.45, 2.75) is 65.5 Å². The summed E-state index contributed by atoms with van der Waals surface area (Å²) in [4.78, 5) is 0. The van der Waals surface area contributed by atoms with E-state index in [2.05, 4.69) is 148 Å². The highest BCUT2D eigenvalue weighted by molar-refractivity contribution is 7.00. The quantitative estimate of drug-likeness (QED) is 0.127. The molecule has 0 atom stereocenters. The molecule has 0 amide bonds. The SMILES string of the molecule is CCCCc1ccc(/C=C/c2ccc([Si](C)(C)c3ccc(/C=C/c4ccc(CCCC)cc4)cc3)cc2)cc1. The zero-order valence-corrected chi connectivity index (χ0v) is 25.3. The number of aryl methyl sites for hydroxylation is 2. The molecule has 200 valence electrons. The van der Waals surface area contributed by atoms with E-state index in [0.717, 1.165) is 0 Å². The van der Waals surface area contributed by atoms with Gasteiger partial charge in [-0.2, -0.15) is 0 Å². The van der Waals surface area contributed by atoms with Gasteiger partial charge < -0.3 is 0 Å². The van der Waals surface area contributed by atoms with Crippen LogP contribution in [0.5, 0.6) is 0 Å². The van der Waals surface area contributed by atoms with E-state index < -0.39 is 8.07 Å². The Morgan fingerprint density at radius 1 is 0.436 bits per heavy atom. The third-order valence-electron chi connectivity index (χ3n) is 7.80. The summed E-state index contributed by atoms with van der Waals surface area (Å²) in [6.07, 6.45) is 16.2. The maximum Gasteiger partial charge on any atom is 0.112 e. The van der Waals surface area contributed by atoms with Crippen LogP contribution in [0.3, 0.4) is 0 Å². The van der Waals surface area contributed by atoms with Gasteiger partial charge in [0.1, 0.15) is 8.07 Å². The van der Waals surface area contributed by atoms with Gasteiger partial charge in [-0.3, -0.25) is 0 Å². The molecule has 0 spiro atoms. The molecule has 0 fully saturated rings. The lowest BCUT2D eigenvalue weighted by Gasteiger charge is -2.24. The average Bonchev–Trinajstić information content (AvgIpc) is 2.98. The summed E-state index contributed by atoms with van der Waals surface area (Å²) in [7, 11) is -1.76. The van der Waals surface area contributed by atoms with E-state index in [1.807, 2.05) is 0 Å². The van der Waals surface area contributed by atoms with Crippen LogP contribution in [0.1, 0.15) is 72.9 Å². The van der Waals surface area contributed by atoms with Gasteiger partial charge in [0.25, 0.3) is 0 Å². The topological polar surface area (TPSA) is 0 Å². The summed E-state index contributed by atoms with van der Waals surface area (Å²) in [5.41, 5.74) is 7.87. The van der Waals surface area contributed by atoms with E-state index >= 15 is 0 Å². The maximum atomic E-state index is 2.45. The second-order valence-corrected chi connectivity index (χ2v) is 15.6. The van der Waals surface area contributed by atoms with E-state index in [4.69, 9.17) is 0 Å². The molecule has 39 heavy (non-hydrogen) atoms. The second kappa shape index (κ2) is 14.1. The fourth-order valence-electron chi connectivity index (χ4n) is 4.93. The van der Waals surface area contributed by atoms with Gasteiger partial charge in [-0.15, -0.1) is 0 Å². The zero-order valence-electron chi connectivity index (χ0n) is 24.3. The Kier molecular flexibility index (Phi) is 10.3. The summed E-state index contributed by atoms with van der Waals surface area (Å²) in [5, 5.41) is 2.93. The third-order valence-corrected chi connectivity index (χ3v) is 11.4. The van der Waals surface area contributed by atoms with Crippen LogP contribution < -0.4 is 10.4 Å². The minimum absolute atomic E-state index is 1.18. The van der Waals surface area contributed by atoms with Gasteiger partial charge in [0, 0.05) is 0 Å². The van der Waals surface area contributed by atoms with Gasteiger partial charge in [-0.05, 0) is 59.1 Å². The van der Waals surface area contributed by atoms with Gasteiger partial charge in [0.15, 0.2) is 0 Å². The Morgan fingerprint density at radius 2 is 0.718 bits per heavy atom. The van der Waals surface area contributed by atoms with Crippen molar-refractivity contribution in [3.8, 4) is 0 Å². The van der Waals surface area contributed by atoms with Crippen LogP contribution in [0, 0.1) is 0 Å². The number of hydrogen-bond donors (Lipinski definition) is 0. The normalized spacial score (nSPS) is 12.0. The van der Waals surface area contributed by atoms with Gasteiger partial charge in [0.05, 0.1) is 0 Å². The van der Waals surface area contributed by atoms with Gasteiger partial charge in [-0.1, -0.05) is 172 Å². The molecule has 0 N–H and O–H groups in total. The number of hydrogen-bond acceptors (Lipinski definition) is 0. The van der Waals surface area contributed by atoms with Crippen LogP contribution in [-0.4, -0.2) is 8.07 Å². The maximum absolute atomic E-state index is 2.45. The van der Waals surface area contributed by atoms with Crippen molar-refractivity contribution in [1.82, 2.24) is 0 Å². The van der Waals surface area contributed by atoms with Crippen LogP contribution in [-0.2, 0) is 12.8 Å². The fourth-order valence-corrected chi connectivity index (χ4v) is 7.26. The lowest BCUT2D eigenvalue weighted by molar-refractivity contribution is 0.795. The molecule has 0 aliphatic heterocycles. The average molecular weight is 529 g/mol. The summed E-state index contributed by atoms with van der Waals surface area (Å²) < 4.78 is 0. The molecule has 0 aliphatic carbocycles. The van der Waals surface area contributed by atoms with Gasteiger partial charge in [0.2, 0.25) is 0 Å². The predicted octanol–water partition coefficient (Wildman–Crippen LogP) is 9.54. The molecule has 0 nitrogen and oxygen atoms in total. The molecule has 4 aromatic carbocycles. The van der Waals surface area contributed by atoms with Gasteiger partial charge in [-0.25, -0.2) is 0 Å². The van der Waals surface area contributed by atoms with Crippen molar-refractivity contribution in [3.63, 3.8) is 0 Å². The molecule has 0 saturated heterocycles. The molecule has 4 aromatic rings. The second-order valence-electron chi connectivity index (χ2n) is 11.2. The van der Waals surface area contributed by atoms with Gasteiger partial charge >= 0.3 is 0 Å². The zero-order chi connectivity index (χ0) is 27.5. The lowest BCUT2D eigenvalue weighted by Crippen LogP contribution is -2.52. The Hall–Kier alpha value is -3.42. The first kappa shape index (κ1) is 28.6. The van der Waals surface area contributed by atoms with Crippen molar-refractivity contribution < 1.29 is 0 Å². The molecule has 0 saturated carbocycles. The minimum atomic E-state index is -1.76. The van der Waals surface area contributed by atoms with Crippen molar-refractivity contribution in [2.75, 3.05) is 0 Å². The van der Waals surface area contributed by atoms with E-state index in [-0.39, 0.29) is 0 Å². The number of unbranched alkanes of at least 4 members (excludes halogenated alkanes) is 2. The van der Waals surface area contributed by atoms with E-state index in [1.54, 1.807) is 0 Å². The largest absolute Gasteiger partial charge is 0.112 e. The fraction of sp³-hybridized carbons (Fsp3) is 0.263. The third kappa shape index (κ3) is 8.28. The van der Waals surface area contributed by atoms with Crippen LogP contribution in [0.4, 0.5) is 0 Å². The van der Waals surface area contributed by atoms with Crippen molar-refractivity contribution >= 4 is 42.8 Å². The molecular formula is C38H44Si. The molecule has 0 unspecified atom stereocenters. The Labute approximate surface area is 238 Å². The number of benzene rings is 4. The highest BCUT2D eigenvalue weighted by Crippen LogP contribution is 2.15. The summed E-state index contributed by atoms with van der Waals surface area (Å²) in [6, 6.07) is 36.4. The Bertz CT molecular complexity index is 1230. The van der Waals surface area contributed by atoms with Crippen LogP contribution >= 0.6 is 0 Å². The highest BCUT2D eigenvalue weighted by Gasteiger charge is 2.25. The van der Waals surface area contributed by atoms with Crippen LogP contribution in [0.15, 0.2) is 97.1 Å². The first-order valence-electron chi connectivity index (χ1n) is 14.7. The van der Waals surface area contributed by atoms with Crippen molar-refractivity contribution in [1.29, 1.82) is 0 Å². The Balaban J connectivity index is 1.37. The molecule has 0 bridgehead atoms. The van der Waals surface area contributed by atoms with Crippen LogP contribution in [0.25, 0.3) is 24.3 Å². The van der Waals surface area contributed by atoms with Crippen LogP contribution in [0.2, 0.25) is 13.1 Å². The summed E-state index contributed by atoms with van der Waals surface area (Å²) >= 11 is 0.